The minimum Gasteiger partial charge on any atom is -0.293 e. The Bertz CT molecular complexity index is 1020. The lowest BCUT2D eigenvalue weighted by Gasteiger charge is -2.10. The van der Waals surface area contributed by atoms with E-state index in [4.69, 9.17) is 4.98 Å². The number of Topliss-reactive ketones (excluding diaryl/α,β-unsaturated/α-hetero) is 1. The number of thiophene rings is 1. The van der Waals surface area contributed by atoms with Gasteiger partial charge in [0.05, 0.1) is 11.3 Å². The third kappa shape index (κ3) is 4.16. The summed E-state index contributed by atoms with van der Waals surface area (Å²) in [6, 6.07) is 15.7. The highest BCUT2D eigenvalue weighted by Crippen LogP contribution is 2.43. The molecule has 0 unspecified atom stereocenters. The summed E-state index contributed by atoms with van der Waals surface area (Å²) in [6.07, 6.45) is 2.29. The molecule has 0 atom stereocenters. The zero-order chi connectivity index (χ0) is 18.8. The summed E-state index contributed by atoms with van der Waals surface area (Å²) in [4.78, 5) is 18.3. The number of thioether (sulfide) groups is 1. The Morgan fingerprint density at radius 1 is 1.30 bits per heavy atom. The number of nitriles is 1. The van der Waals surface area contributed by atoms with Crippen molar-refractivity contribution in [1.29, 1.82) is 5.26 Å². The predicted molar refractivity (Wildman–Crippen MR) is 113 cm³/mol. The van der Waals surface area contributed by atoms with Gasteiger partial charge in [-0.15, -0.1) is 11.3 Å². The van der Waals surface area contributed by atoms with Crippen LogP contribution in [0.4, 0.5) is 0 Å². The topological polar surface area (TPSA) is 53.8 Å². The summed E-state index contributed by atoms with van der Waals surface area (Å²) in [5.41, 5.74) is 3.20. The van der Waals surface area contributed by atoms with Gasteiger partial charge in [0.15, 0.2) is 5.78 Å². The Morgan fingerprint density at radius 2 is 2.07 bits per heavy atom. The number of aromatic nitrogens is 1. The van der Waals surface area contributed by atoms with Gasteiger partial charge in [-0.25, -0.2) is 4.98 Å². The Balaban J connectivity index is 1.64. The minimum atomic E-state index is 0.0349. The predicted octanol–water partition coefficient (Wildman–Crippen LogP) is 6.30. The van der Waals surface area contributed by atoms with Crippen molar-refractivity contribution in [2.75, 3.05) is 5.75 Å². The molecule has 1 aromatic carbocycles. The molecule has 1 saturated carbocycles. The molecule has 4 rings (SSSR count). The van der Waals surface area contributed by atoms with Crippen LogP contribution < -0.4 is 0 Å². The summed E-state index contributed by atoms with van der Waals surface area (Å²) in [5, 5.41) is 12.4. The van der Waals surface area contributed by atoms with Crippen molar-refractivity contribution < 1.29 is 4.79 Å². The highest BCUT2D eigenvalue weighted by atomic mass is 79.9. The van der Waals surface area contributed by atoms with Crippen molar-refractivity contribution in [3.63, 3.8) is 0 Å². The van der Waals surface area contributed by atoms with Gasteiger partial charge in [-0.1, -0.05) is 45.9 Å². The maximum atomic E-state index is 12.5. The fourth-order valence-corrected chi connectivity index (χ4v) is 4.74. The van der Waals surface area contributed by atoms with E-state index in [0.29, 0.717) is 22.1 Å². The van der Waals surface area contributed by atoms with Crippen LogP contribution in [0.1, 0.15) is 40.4 Å². The number of carbonyl (C=O) groups is 1. The standard InChI is InChI=1S/C21H15BrN2OS2/c22-15-7-5-14(6-8-15)19(25)12-27-21-17(11-23)16(20-2-1-9-26-20)10-18(24-21)13-3-4-13/h1-2,5-10,13H,3-4,12H2. The SMILES string of the molecule is N#Cc1c(-c2cccs2)cc(C2CC2)nc1SCC(=O)c1ccc(Br)cc1. The molecule has 3 nitrogen and oxygen atoms in total. The molecule has 6 heteroatoms. The van der Waals surface area contributed by atoms with Gasteiger partial charge in [-0.2, -0.15) is 5.26 Å². The third-order valence-electron chi connectivity index (χ3n) is 4.41. The van der Waals surface area contributed by atoms with E-state index in [-0.39, 0.29) is 11.5 Å². The number of ketones is 1. The van der Waals surface area contributed by atoms with Gasteiger partial charge in [-0.3, -0.25) is 4.79 Å². The first kappa shape index (κ1) is 18.4. The Kier molecular flexibility index (Phi) is 5.44. The fraction of sp³-hybridized carbons (Fsp3) is 0.190. The van der Waals surface area contributed by atoms with Crippen LogP contribution in [-0.2, 0) is 0 Å². The number of benzene rings is 1. The van der Waals surface area contributed by atoms with Gasteiger partial charge >= 0.3 is 0 Å². The average Bonchev–Trinajstić information content (AvgIpc) is 3.40. The first-order valence-corrected chi connectivity index (χ1v) is 11.2. The van der Waals surface area contributed by atoms with Crippen molar-refractivity contribution in [1.82, 2.24) is 4.98 Å². The van der Waals surface area contributed by atoms with Crippen LogP contribution in [0.5, 0.6) is 0 Å². The van der Waals surface area contributed by atoms with E-state index in [1.165, 1.54) is 11.8 Å². The summed E-state index contributed by atoms with van der Waals surface area (Å²) < 4.78 is 0.942. The van der Waals surface area contributed by atoms with Crippen LogP contribution in [0.15, 0.2) is 57.3 Å². The van der Waals surface area contributed by atoms with Crippen molar-refractivity contribution in [2.45, 2.75) is 23.8 Å². The largest absolute Gasteiger partial charge is 0.293 e. The van der Waals surface area contributed by atoms with E-state index < -0.39 is 0 Å². The number of hydrogen-bond acceptors (Lipinski definition) is 5. The molecule has 2 heterocycles. The van der Waals surface area contributed by atoms with Crippen LogP contribution in [0.2, 0.25) is 0 Å². The van der Waals surface area contributed by atoms with E-state index in [1.807, 2.05) is 41.8 Å². The molecule has 0 radical (unpaired) electrons. The second-order valence-corrected chi connectivity index (χ2v) is 9.18. The first-order chi connectivity index (χ1) is 13.2. The maximum absolute atomic E-state index is 12.5. The Hall–Kier alpha value is -1.94. The minimum absolute atomic E-state index is 0.0349. The van der Waals surface area contributed by atoms with E-state index in [0.717, 1.165) is 33.4 Å². The van der Waals surface area contributed by atoms with Gasteiger partial charge in [0, 0.05) is 32.1 Å². The number of pyridine rings is 1. The van der Waals surface area contributed by atoms with Gasteiger partial charge in [0.1, 0.15) is 11.1 Å². The molecule has 1 aliphatic rings. The molecule has 27 heavy (non-hydrogen) atoms. The van der Waals surface area contributed by atoms with E-state index in [9.17, 15) is 10.1 Å². The molecule has 0 spiro atoms. The zero-order valence-corrected chi connectivity index (χ0v) is 17.5. The number of carbonyl (C=O) groups excluding carboxylic acids is 1. The third-order valence-corrected chi connectivity index (χ3v) is 6.81. The van der Waals surface area contributed by atoms with Crippen molar-refractivity contribution in [2.24, 2.45) is 0 Å². The van der Waals surface area contributed by atoms with Crippen molar-refractivity contribution >= 4 is 44.8 Å². The van der Waals surface area contributed by atoms with Gasteiger partial charge in [0.25, 0.3) is 0 Å². The van der Waals surface area contributed by atoms with Crippen LogP contribution in [-0.4, -0.2) is 16.5 Å². The zero-order valence-electron chi connectivity index (χ0n) is 14.3. The van der Waals surface area contributed by atoms with Crippen LogP contribution in [0.25, 0.3) is 10.4 Å². The number of rotatable bonds is 6. The molecular formula is C21H15BrN2OS2. The highest BCUT2D eigenvalue weighted by Gasteiger charge is 2.28. The molecule has 1 aliphatic carbocycles. The molecule has 3 aromatic rings. The molecule has 0 saturated heterocycles. The second kappa shape index (κ2) is 7.97. The van der Waals surface area contributed by atoms with Gasteiger partial charge < -0.3 is 0 Å². The summed E-state index contributed by atoms with van der Waals surface area (Å²) in [5.74, 6) is 0.784. The average molecular weight is 455 g/mol. The highest BCUT2D eigenvalue weighted by molar-refractivity contribution is 9.10. The smallest absolute Gasteiger partial charge is 0.173 e. The summed E-state index contributed by atoms with van der Waals surface area (Å²) in [7, 11) is 0. The molecular weight excluding hydrogens is 440 g/mol. The molecule has 0 bridgehead atoms. The normalized spacial score (nSPS) is 13.3. The van der Waals surface area contributed by atoms with Crippen molar-refractivity contribution in [3.05, 3.63) is 69.1 Å². The molecule has 0 amide bonds. The Labute approximate surface area is 174 Å². The number of hydrogen-bond donors (Lipinski definition) is 0. The maximum Gasteiger partial charge on any atom is 0.173 e. The van der Waals surface area contributed by atoms with E-state index in [2.05, 4.69) is 28.1 Å². The van der Waals surface area contributed by atoms with Crippen molar-refractivity contribution in [3.8, 4) is 16.5 Å². The molecule has 0 N–H and O–H groups in total. The molecule has 1 fully saturated rings. The lowest BCUT2D eigenvalue weighted by Crippen LogP contribution is -2.04. The monoisotopic (exact) mass is 454 g/mol. The number of nitrogens with zero attached hydrogens (tertiary/aromatic N) is 2. The second-order valence-electron chi connectivity index (χ2n) is 6.36. The molecule has 0 aliphatic heterocycles. The van der Waals surface area contributed by atoms with Crippen LogP contribution in [0.3, 0.4) is 0 Å². The lowest BCUT2D eigenvalue weighted by atomic mass is 10.1. The first-order valence-electron chi connectivity index (χ1n) is 8.56. The Morgan fingerprint density at radius 3 is 2.70 bits per heavy atom. The van der Waals surface area contributed by atoms with Gasteiger partial charge in [0.2, 0.25) is 0 Å². The van der Waals surface area contributed by atoms with Gasteiger partial charge in [-0.05, 0) is 42.5 Å². The molecule has 2 aromatic heterocycles. The lowest BCUT2D eigenvalue weighted by molar-refractivity contribution is 0.102. The summed E-state index contributed by atoms with van der Waals surface area (Å²) >= 11 is 6.36. The van der Waals surface area contributed by atoms with Crippen LogP contribution >= 0.6 is 39.0 Å². The molecule has 134 valence electrons. The number of halogens is 1. The fourth-order valence-electron chi connectivity index (χ4n) is 2.82. The van der Waals surface area contributed by atoms with Crippen LogP contribution in [0, 0.1) is 11.3 Å². The van der Waals surface area contributed by atoms with E-state index in [1.54, 1.807) is 11.3 Å². The van der Waals surface area contributed by atoms with E-state index >= 15 is 0 Å². The summed E-state index contributed by atoms with van der Waals surface area (Å²) in [6.45, 7) is 0. The quantitative estimate of drug-likeness (QED) is 0.324.